The average Bonchev–Trinajstić information content (AvgIpc) is 2.98. The molecule has 9 heteroatoms. The standard InChI is InChI=1S/C18H15ClN4O4/c1-10-7-15(11(2)6-14(10)19)22-17(24)9-16(21-22)20-18(25)12-4-3-5-13(8-12)23(26)27/h3-8H,9H2,1-2H3,(H,20,21,25). The predicted octanol–water partition coefficient (Wildman–Crippen LogP) is 3.35. The molecule has 0 aromatic heterocycles. The van der Waals surface area contributed by atoms with Crippen molar-refractivity contribution in [2.75, 3.05) is 5.01 Å². The van der Waals surface area contributed by atoms with E-state index in [4.69, 9.17) is 11.6 Å². The molecule has 1 aliphatic heterocycles. The number of anilines is 1. The first-order valence-electron chi connectivity index (χ1n) is 7.99. The van der Waals surface area contributed by atoms with E-state index in [9.17, 15) is 19.7 Å². The highest BCUT2D eigenvalue weighted by Crippen LogP contribution is 2.29. The molecule has 0 spiro atoms. The number of rotatable bonds is 3. The van der Waals surface area contributed by atoms with Crippen molar-refractivity contribution in [1.29, 1.82) is 0 Å². The first-order chi connectivity index (χ1) is 12.8. The van der Waals surface area contributed by atoms with Crippen molar-refractivity contribution >= 4 is 40.6 Å². The van der Waals surface area contributed by atoms with Crippen molar-refractivity contribution in [3.63, 3.8) is 0 Å². The van der Waals surface area contributed by atoms with Gasteiger partial charge in [-0.1, -0.05) is 17.7 Å². The zero-order chi connectivity index (χ0) is 19.7. The Hall–Kier alpha value is -3.26. The number of halogens is 1. The van der Waals surface area contributed by atoms with Crippen LogP contribution in [-0.2, 0) is 4.79 Å². The fourth-order valence-corrected chi connectivity index (χ4v) is 2.86. The molecule has 2 aromatic carbocycles. The van der Waals surface area contributed by atoms with E-state index in [0.29, 0.717) is 10.7 Å². The summed E-state index contributed by atoms with van der Waals surface area (Å²) in [5.74, 6) is -0.700. The number of amidine groups is 1. The molecule has 0 fully saturated rings. The van der Waals surface area contributed by atoms with Gasteiger partial charge in [-0.2, -0.15) is 10.1 Å². The third-order valence-corrected chi connectivity index (χ3v) is 4.47. The van der Waals surface area contributed by atoms with Gasteiger partial charge >= 0.3 is 0 Å². The third-order valence-electron chi connectivity index (χ3n) is 4.06. The van der Waals surface area contributed by atoms with Crippen molar-refractivity contribution in [2.24, 2.45) is 5.10 Å². The Balaban J connectivity index is 1.83. The van der Waals surface area contributed by atoms with Crippen molar-refractivity contribution < 1.29 is 14.5 Å². The monoisotopic (exact) mass is 386 g/mol. The molecule has 0 aliphatic carbocycles. The smallest absolute Gasteiger partial charge is 0.270 e. The van der Waals surface area contributed by atoms with E-state index in [0.717, 1.165) is 17.2 Å². The summed E-state index contributed by atoms with van der Waals surface area (Å²) in [7, 11) is 0. The Labute approximate surface area is 159 Å². The summed E-state index contributed by atoms with van der Waals surface area (Å²) in [6.45, 7) is 3.63. The Morgan fingerprint density at radius 1 is 1.26 bits per heavy atom. The summed E-state index contributed by atoms with van der Waals surface area (Å²) in [4.78, 5) is 34.9. The molecule has 1 aliphatic rings. The zero-order valence-electron chi connectivity index (χ0n) is 14.5. The van der Waals surface area contributed by atoms with Gasteiger partial charge < -0.3 is 5.32 Å². The van der Waals surface area contributed by atoms with Gasteiger partial charge in [0, 0.05) is 22.7 Å². The van der Waals surface area contributed by atoms with Crippen molar-refractivity contribution in [2.45, 2.75) is 20.3 Å². The quantitative estimate of drug-likeness (QED) is 0.645. The number of nitrogens with one attached hydrogen (secondary N) is 1. The summed E-state index contributed by atoms with van der Waals surface area (Å²) < 4.78 is 0. The highest BCUT2D eigenvalue weighted by atomic mass is 35.5. The topological polar surface area (TPSA) is 105 Å². The zero-order valence-corrected chi connectivity index (χ0v) is 15.3. The van der Waals surface area contributed by atoms with Crippen LogP contribution in [0.4, 0.5) is 11.4 Å². The van der Waals surface area contributed by atoms with Crippen LogP contribution in [0.2, 0.25) is 5.02 Å². The molecule has 27 heavy (non-hydrogen) atoms. The molecule has 0 unspecified atom stereocenters. The van der Waals surface area contributed by atoms with E-state index in [-0.39, 0.29) is 29.4 Å². The van der Waals surface area contributed by atoms with Gasteiger partial charge in [-0.25, -0.2) is 0 Å². The molecule has 8 nitrogen and oxygen atoms in total. The SMILES string of the molecule is Cc1cc(N2N=C(NC(=O)c3cccc([N+](=O)[O-])c3)CC2=O)c(C)cc1Cl. The second kappa shape index (κ2) is 7.16. The summed E-state index contributed by atoms with van der Waals surface area (Å²) in [6.07, 6.45) is -0.0816. The van der Waals surface area contributed by atoms with Crippen LogP contribution in [-0.4, -0.2) is 22.6 Å². The van der Waals surface area contributed by atoms with Gasteiger partial charge in [0.2, 0.25) is 0 Å². The van der Waals surface area contributed by atoms with Crippen LogP contribution < -0.4 is 10.3 Å². The van der Waals surface area contributed by atoms with Crippen LogP contribution in [0.25, 0.3) is 0 Å². The van der Waals surface area contributed by atoms with Gasteiger partial charge in [-0.05, 0) is 43.2 Å². The normalized spacial score (nSPS) is 13.5. The number of amides is 2. The maximum Gasteiger partial charge on any atom is 0.270 e. The minimum atomic E-state index is -0.583. The fourth-order valence-electron chi connectivity index (χ4n) is 2.65. The molecule has 2 amide bonds. The average molecular weight is 387 g/mol. The third kappa shape index (κ3) is 3.80. The second-order valence-electron chi connectivity index (χ2n) is 6.08. The number of benzene rings is 2. The minimum absolute atomic E-state index is 0.0816. The number of non-ortho nitro benzene ring substituents is 1. The molecular formula is C18H15ClN4O4. The lowest BCUT2D eigenvalue weighted by atomic mass is 10.1. The lowest BCUT2D eigenvalue weighted by Crippen LogP contribution is -2.29. The van der Waals surface area contributed by atoms with Crippen molar-refractivity contribution in [1.82, 2.24) is 5.32 Å². The number of nitro benzene ring substituents is 1. The van der Waals surface area contributed by atoms with Gasteiger partial charge in [0.1, 0.15) is 5.84 Å². The van der Waals surface area contributed by atoms with Crippen LogP contribution in [0.15, 0.2) is 41.5 Å². The van der Waals surface area contributed by atoms with Crippen molar-refractivity contribution in [3.8, 4) is 0 Å². The van der Waals surface area contributed by atoms with E-state index in [2.05, 4.69) is 10.4 Å². The fraction of sp³-hybridized carbons (Fsp3) is 0.167. The second-order valence-corrected chi connectivity index (χ2v) is 6.49. The Morgan fingerprint density at radius 2 is 2.00 bits per heavy atom. The first kappa shape index (κ1) is 18.5. The number of carbonyl (C=O) groups excluding carboxylic acids is 2. The maximum absolute atomic E-state index is 12.3. The number of aryl methyl sites for hydroxylation is 2. The number of carbonyl (C=O) groups is 2. The largest absolute Gasteiger partial charge is 0.308 e. The van der Waals surface area contributed by atoms with E-state index < -0.39 is 10.8 Å². The van der Waals surface area contributed by atoms with Crippen LogP contribution >= 0.6 is 11.6 Å². The number of nitro groups is 1. The Kier molecular flexibility index (Phi) is 4.91. The summed E-state index contributed by atoms with van der Waals surface area (Å²) >= 11 is 6.09. The molecule has 1 heterocycles. The van der Waals surface area contributed by atoms with Crippen LogP contribution in [0.5, 0.6) is 0 Å². The number of hydrogen-bond acceptors (Lipinski definition) is 5. The molecule has 3 rings (SSSR count). The first-order valence-corrected chi connectivity index (χ1v) is 8.37. The highest BCUT2D eigenvalue weighted by molar-refractivity contribution is 6.31. The molecule has 0 saturated heterocycles. The lowest BCUT2D eigenvalue weighted by molar-refractivity contribution is -0.384. The van der Waals surface area contributed by atoms with Crippen LogP contribution in [0.3, 0.4) is 0 Å². The van der Waals surface area contributed by atoms with Gasteiger partial charge in [-0.3, -0.25) is 19.7 Å². The summed E-state index contributed by atoms with van der Waals surface area (Å²) in [6, 6.07) is 8.82. The molecule has 0 saturated carbocycles. The van der Waals surface area contributed by atoms with Crippen molar-refractivity contribution in [3.05, 3.63) is 68.2 Å². The van der Waals surface area contributed by atoms with Gasteiger partial charge in [-0.15, -0.1) is 0 Å². The molecular weight excluding hydrogens is 372 g/mol. The van der Waals surface area contributed by atoms with Gasteiger partial charge in [0.25, 0.3) is 17.5 Å². The van der Waals surface area contributed by atoms with Gasteiger partial charge in [0.05, 0.1) is 17.0 Å². The molecule has 2 aromatic rings. The number of hydrogen-bond donors (Lipinski definition) is 1. The minimum Gasteiger partial charge on any atom is -0.308 e. The van der Waals surface area contributed by atoms with Crippen LogP contribution in [0, 0.1) is 24.0 Å². The van der Waals surface area contributed by atoms with Crippen LogP contribution in [0.1, 0.15) is 27.9 Å². The van der Waals surface area contributed by atoms with E-state index in [1.165, 1.54) is 23.2 Å². The molecule has 0 atom stereocenters. The highest BCUT2D eigenvalue weighted by Gasteiger charge is 2.28. The maximum atomic E-state index is 12.3. The summed E-state index contributed by atoms with van der Waals surface area (Å²) in [5, 5.41) is 19.4. The molecule has 1 N–H and O–H groups in total. The molecule has 138 valence electrons. The van der Waals surface area contributed by atoms with E-state index >= 15 is 0 Å². The lowest BCUT2D eigenvalue weighted by Gasteiger charge is -2.15. The van der Waals surface area contributed by atoms with E-state index in [1.54, 1.807) is 12.1 Å². The van der Waals surface area contributed by atoms with E-state index in [1.807, 2.05) is 13.8 Å². The molecule has 0 bridgehead atoms. The molecule has 0 radical (unpaired) electrons. The summed E-state index contributed by atoms with van der Waals surface area (Å²) in [5.41, 5.74) is 2.07. The number of nitrogens with zero attached hydrogens (tertiary/aromatic N) is 3. The number of hydrazone groups is 1. The van der Waals surface area contributed by atoms with Gasteiger partial charge in [0.15, 0.2) is 0 Å². The predicted molar refractivity (Wildman–Crippen MR) is 101 cm³/mol. The Morgan fingerprint density at radius 3 is 2.70 bits per heavy atom. The Bertz CT molecular complexity index is 1000.